The number of halogens is 3. The van der Waals surface area contributed by atoms with E-state index in [1.807, 2.05) is 37.3 Å². The molecule has 0 spiro atoms. The Kier molecular flexibility index (Phi) is 6.37. The standard InChI is InChI=1S/C23H21Cl3N4O/c1-4-14(5-2)23-27-22(29-31-23)20-13(3)21(15-6-8-16(24)9-7-15)30(28-20)19-11-10-17(25)12-18(19)26/h6-12,14H,4-5H2,1-3H3. The molecule has 31 heavy (non-hydrogen) atoms. The number of hydrogen-bond acceptors (Lipinski definition) is 4. The smallest absolute Gasteiger partial charge is 0.230 e. The van der Waals surface area contributed by atoms with Crippen molar-refractivity contribution in [2.24, 2.45) is 0 Å². The van der Waals surface area contributed by atoms with Crippen molar-refractivity contribution in [1.82, 2.24) is 19.9 Å². The maximum absolute atomic E-state index is 6.52. The van der Waals surface area contributed by atoms with E-state index < -0.39 is 0 Å². The fraction of sp³-hybridized carbons (Fsp3) is 0.261. The quantitative estimate of drug-likeness (QED) is 0.286. The van der Waals surface area contributed by atoms with Crippen LogP contribution in [-0.2, 0) is 0 Å². The van der Waals surface area contributed by atoms with Crippen LogP contribution in [0, 0.1) is 6.92 Å². The Morgan fingerprint density at radius 3 is 2.29 bits per heavy atom. The highest BCUT2D eigenvalue weighted by Crippen LogP contribution is 2.36. The molecule has 0 fully saturated rings. The molecule has 0 radical (unpaired) electrons. The first-order valence-corrected chi connectivity index (χ1v) is 11.2. The summed E-state index contributed by atoms with van der Waals surface area (Å²) in [7, 11) is 0. The zero-order chi connectivity index (χ0) is 22.1. The van der Waals surface area contributed by atoms with Crippen molar-refractivity contribution in [1.29, 1.82) is 0 Å². The lowest BCUT2D eigenvalue weighted by atomic mass is 10.0. The van der Waals surface area contributed by atoms with Crippen LogP contribution < -0.4 is 0 Å². The largest absolute Gasteiger partial charge is 0.339 e. The summed E-state index contributed by atoms with van der Waals surface area (Å²) in [5.74, 6) is 1.31. The molecule has 4 aromatic rings. The third-order valence-electron chi connectivity index (χ3n) is 5.37. The summed E-state index contributed by atoms with van der Waals surface area (Å²) >= 11 is 18.7. The molecule has 2 aromatic carbocycles. The monoisotopic (exact) mass is 474 g/mol. The van der Waals surface area contributed by atoms with Gasteiger partial charge in [-0.15, -0.1) is 0 Å². The average Bonchev–Trinajstić information content (AvgIpc) is 3.35. The third kappa shape index (κ3) is 4.22. The molecule has 5 nitrogen and oxygen atoms in total. The lowest BCUT2D eigenvalue weighted by Crippen LogP contribution is -2.00. The number of rotatable bonds is 6. The van der Waals surface area contributed by atoms with E-state index in [0.29, 0.717) is 38.2 Å². The molecule has 0 amide bonds. The van der Waals surface area contributed by atoms with Crippen LogP contribution in [0.1, 0.15) is 44.1 Å². The van der Waals surface area contributed by atoms with Crippen LogP contribution in [-0.4, -0.2) is 19.9 Å². The van der Waals surface area contributed by atoms with Gasteiger partial charge < -0.3 is 4.52 Å². The van der Waals surface area contributed by atoms with E-state index in [0.717, 1.165) is 29.7 Å². The lowest BCUT2D eigenvalue weighted by molar-refractivity contribution is 0.346. The number of hydrogen-bond donors (Lipinski definition) is 0. The van der Waals surface area contributed by atoms with Crippen LogP contribution in [0.15, 0.2) is 47.0 Å². The molecule has 8 heteroatoms. The third-order valence-corrected chi connectivity index (χ3v) is 6.16. The van der Waals surface area contributed by atoms with Gasteiger partial charge in [-0.3, -0.25) is 0 Å². The molecule has 0 bridgehead atoms. The highest BCUT2D eigenvalue weighted by atomic mass is 35.5. The van der Waals surface area contributed by atoms with Crippen LogP contribution in [0.4, 0.5) is 0 Å². The Hall–Kier alpha value is -2.34. The van der Waals surface area contributed by atoms with Gasteiger partial charge in [0.2, 0.25) is 11.7 Å². The van der Waals surface area contributed by atoms with Gasteiger partial charge in [-0.1, -0.05) is 65.9 Å². The topological polar surface area (TPSA) is 56.7 Å². The molecule has 0 aliphatic carbocycles. The Labute approximate surface area is 195 Å². The summed E-state index contributed by atoms with van der Waals surface area (Å²) < 4.78 is 7.35. The van der Waals surface area contributed by atoms with E-state index in [1.54, 1.807) is 16.8 Å². The molecule has 0 N–H and O–H groups in total. The summed E-state index contributed by atoms with van der Waals surface area (Å²) in [6, 6.07) is 12.9. The first-order chi connectivity index (χ1) is 14.9. The van der Waals surface area contributed by atoms with Crippen LogP contribution in [0.3, 0.4) is 0 Å². The molecule has 160 valence electrons. The summed E-state index contributed by atoms with van der Waals surface area (Å²) in [6.45, 7) is 6.21. The van der Waals surface area contributed by atoms with E-state index >= 15 is 0 Å². The van der Waals surface area contributed by atoms with Gasteiger partial charge in [-0.05, 0) is 50.1 Å². The molecule has 2 aromatic heterocycles. The summed E-state index contributed by atoms with van der Waals surface area (Å²) in [4.78, 5) is 4.65. The number of nitrogens with zero attached hydrogens (tertiary/aromatic N) is 4. The molecule has 0 saturated carbocycles. The normalized spacial score (nSPS) is 11.5. The lowest BCUT2D eigenvalue weighted by Gasteiger charge is -2.11. The Morgan fingerprint density at radius 1 is 0.968 bits per heavy atom. The maximum Gasteiger partial charge on any atom is 0.230 e. The van der Waals surface area contributed by atoms with Crippen LogP contribution in [0.25, 0.3) is 28.5 Å². The SMILES string of the molecule is CCC(CC)c1nc(-c2nn(-c3ccc(Cl)cc3Cl)c(-c3ccc(Cl)cc3)c2C)no1. The van der Waals surface area contributed by atoms with Gasteiger partial charge in [0.05, 0.1) is 16.4 Å². The average molecular weight is 476 g/mol. The van der Waals surface area contributed by atoms with E-state index in [1.165, 1.54) is 0 Å². The highest BCUT2D eigenvalue weighted by molar-refractivity contribution is 6.35. The summed E-state index contributed by atoms with van der Waals surface area (Å²) in [5.41, 5.74) is 4.05. The second-order valence-electron chi connectivity index (χ2n) is 7.31. The van der Waals surface area contributed by atoms with Gasteiger partial charge >= 0.3 is 0 Å². The summed E-state index contributed by atoms with van der Waals surface area (Å²) in [5, 5.41) is 10.8. The van der Waals surface area contributed by atoms with Gasteiger partial charge in [0.25, 0.3) is 0 Å². The highest BCUT2D eigenvalue weighted by Gasteiger charge is 2.24. The first-order valence-electron chi connectivity index (χ1n) is 10.1. The van der Waals surface area contributed by atoms with Gasteiger partial charge in [-0.25, -0.2) is 4.68 Å². The van der Waals surface area contributed by atoms with Gasteiger partial charge in [-0.2, -0.15) is 10.1 Å². The van der Waals surface area contributed by atoms with E-state index in [4.69, 9.17) is 44.4 Å². The molecule has 0 aliphatic heterocycles. The number of benzene rings is 2. The Bertz CT molecular complexity index is 1210. The second kappa shape index (κ2) is 9.03. The molecule has 0 unspecified atom stereocenters. The van der Waals surface area contributed by atoms with E-state index in [-0.39, 0.29) is 5.92 Å². The van der Waals surface area contributed by atoms with Crippen molar-refractivity contribution in [3.8, 4) is 28.5 Å². The van der Waals surface area contributed by atoms with Crippen molar-refractivity contribution < 1.29 is 4.52 Å². The van der Waals surface area contributed by atoms with Crippen molar-refractivity contribution in [2.45, 2.75) is 39.5 Å². The molecular weight excluding hydrogens is 455 g/mol. The van der Waals surface area contributed by atoms with E-state index in [2.05, 4.69) is 24.0 Å². The molecule has 0 saturated heterocycles. The molecule has 4 rings (SSSR count). The molecule has 2 heterocycles. The maximum atomic E-state index is 6.52. The zero-order valence-electron chi connectivity index (χ0n) is 17.4. The zero-order valence-corrected chi connectivity index (χ0v) is 19.6. The minimum Gasteiger partial charge on any atom is -0.339 e. The molecule has 0 aliphatic rings. The fourth-order valence-electron chi connectivity index (χ4n) is 3.62. The van der Waals surface area contributed by atoms with Crippen LogP contribution >= 0.6 is 34.8 Å². The Balaban J connectivity index is 1.91. The van der Waals surface area contributed by atoms with Crippen molar-refractivity contribution in [3.63, 3.8) is 0 Å². The Morgan fingerprint density at radius 2 is 1.65 bits per heavy atom. The number of aromatic nitrogens is 4. The fourth-order valence-corrected chi connectivity index (χ4v) is 4.23. The van der Waals surface area contributed by atoms with E-state index in [9.17, 15) is 0 Å². The second-order valence-corrected chi connectivity index (χ2v) is 8.59. The summed E-state index contributed by atoms with van der Waals surface area (Å²) in [6.07, 6.45) is 1.87. The molecular formula is C23H21Cl3N4O. The van der Waals surface area contributed by atoms with Gasteiger partial charge in [0.15, 0.2) is 0 Å². The van der Waals surface area contributed by atoms with Gasteiger partial charge in [0.1, 0.15) is 5.69 Å². The predicted molar refractivity (Wildman–Crippen MR) is 125 cm³/mol. The minimum atomic E-state index is 0.227. The van der Waals surface area contributed by atoms with Gasteiger partial charge in [0, 0.05) is 27.1 Å². The van der Waals surface area contributed by atoms with Crippen molar-refractivity contribution in [2.75, 3.05) is 0 Å². The van der Waals surface area contributed by atoms with Crippen molar-refractivity contribution in [3.05, 3.63) is 69.0 Å². The van der Waals surface area contributed by atoms with Crippen molar-refractivity contribution >= 4 is 34.8 Å². The molecule has 0 atom stereocenters. The first kappa shape index (κ1) is 21.9. The minimum absolute atomic E-state index is 0.227. The predicted octanol–water partition coefficient (Wildman–Crippen LogP) is 7.76. The van der Waals surface area contributed by atoms with Crippen LogP contribution in [0.2, 0.25) is 15.1 Å². The van der Waals surface area contributed by atoms with Crippen LogP contribution in [0.5, 0.6) is 0 Å².